The molecule has 0 atom stereocenters. The molecule has 0 aromatic carbocycles. The molecule has 0 spiro atoms. The van der Waals surface area contributed by atoms with Crippen LogP contribution in [0.4, 0.5) is 0 Å². The summed E-state index contributed by atoms with van der Waals surface area (Å²) in [6.45, 7) is 1.60. The Hall–Kier alpha value is -1.65. The molecule has 1 rings (SSSR count). The molecule has 1 N–H and O–H groups in total. The first-order chi connectivity index (χ1) is 6.13. The van der Waals surface area contributed by atoms with Crippen molar-refractivity contribution in [2.45, 2.75) is 6.92 Å². The predicted octanol–water partition coefficient (Wildman–Crippen LogP) is -0.952. The fourth-order valence-corrected chi connectivity index (χ4v) is 1.04. The van der Waals surface area contributed by atoms with E-state index in [0.717, 1.165) is 0 Å². The highest BCUT2D eigenvalue weighted by Gasteiger charge is 2.24. The van der Waals surface area contributed by atoms with E-state index in [-0.39, 0.29) is 19.0 Å². The van der Waals surface area contributed by atoms with Gasteiger partial charge in [0.25, 0.3) is 0 Å². The molecule has 1 fully saturated rings. The Morgan fingerprint density at radius 1 is 1.38 bits per heavy atom. The minimum absolute atomic E-state index is 0.0467. The van der Waals surface area contributed by atoms with Gasteiger partial charge in [-0.15, -0.1) is 0 Å². The summed E-state index contributed by atoms with van der Waals surface area (Å²) in [7, 11) is 0. The molecule has 70 valence electrons. The van der Waals surface area contributed by atoms with Gasteiger partial charge in [0, 0.05) is 0 Å². The fourth-order valence-electron chi connectivity index (χ4n) is 1.04. The van der Waals surface area contributed by atoms with Crippen molar-refractivity contribution in [2.75, 3.05) is 13.1 Å². The number of amides is 3. The highest BCUT2D eigenvalue weighted by atomic mass is 16.2. The minimum Gasteiger partial charge on any atom is -0.321 e. The van der Waals surface area contributed by atoms with Crippen LogP contribution in [0.5, 0.6) is 0 Å². The molecule has 0 saturated carbocycles. The molecule has 0 aromatic rings. The van der Waals surface area contributed by atoms with Crippen LogP contribution in [0.1, 0.15) is 6.92 Å². The molecular formula is C8H10N2O3. The summed E-state index contributed by atoms with van der Waals surface area (Å²) in [6, 6.07) is 0. The number of nitrogens with zero attached hydrogens (tertiary/aromatic N) is 1. The van der Waals surface area contributed by atoms with Gasteiger partial charge in [0.05, 0.1) is 0 Å². The van der Waals surface area contributed by atoms with Gasteiger partial charge in [-0.2, -0.15) is 0 Å². The number of carbonyl (C=O) groups is 3. The van der Waals surface area contributed by atoms with Gasteiger partial charge in [0.1, 0.15) is 13.1 Å². The topological polar surface area (TPSA) is 66.5 Å². The zero-order valence-corrected chi connectivity index (χ0v) is 7.24. The van der Waals surface area contributed by atoms with Crippen LogP contribution in [-0.4, -0.2) is 35.7 Å². The largest absolute Gasteiger partial charge is 0.321 e. The van der Waals surface area contributed by atoms with Crippen molar-refractivity contribution in [3.8, 4) is 0 Å². The van der Waals surface area contributed by atoms with Crippen molar-refractivity contribution in [2.24, 2.45) is 0 Å². The summed E-state index contributed by atoms with van der Waals surface area (Å²) in [5, 5.41) is 2.11. The molecule has 1 saturated heterocycles. The lowest BCUT2D eigenvalue weighted by Gasteiger charge is -2.23. The summed E-state index contributed by atoms with van der Waals surface area (Å²) in [4.78, 5) is 34.1. The number of piperazine rings is 1. The molecule has 0 bridgehead atoms. The zero-order valence-electron chi connectivity index (χ0n) is 7.24. The molecule has 13 heavy (non-hydrogen) atoms. The second-order valence-corrected chi connectivity index (χ2v) is 2.67. The van der Waals surface area contributed by atoms with E-state index in [1.54, 1.807) is 13.0 Å². The second kappa shape index (κ2) is 3.84. The SMILES string of the molecule is CC=CC(=O)N1CC(=O)NC(=O)C1. The van der Waals surface area contributed by atoms with E-state index >= 15 is 0 Å². The standard InChI is InChI=1S/C8H10N2O3/c1-2-3-8(13)10-4-6(11)9-7(12)5-10/h2-3H,4-5H2,1H3,(H,9,11,12). The summed E-state index contributed by atoms with van der Waals surface area (Å²) >= 11 is 0. The van der Waals surface area contributed by atoms with Crippen LogP contribution in [0.3, 0.4) is 0 Å². The van der Waals surface area contributed by atoms with Crippen molar-refractivity contribution in [3.05, 3.63) is 12.2 Å². The van der Waals surface area contributed by atoms with Crippen molar-refractivity contribution in [1.29, 1.82) is 0 Å². The third-order valence-electron chi connectivity index (χ3n) is 1.57. The normalized spacial score (nSPS) is 17.8. The maximum Gasteiger partial charge on any atom is 0.247 e. The van der Waals surface area contributed by atoms with Crippen LogP contribution < -0.4 is 5.32 Å². The third kappa shape index (κ3) is 2.40. The van der Waals surface area contributed by atoms with E-state index in [1.807, 2.05) is 0 Å². The van der Waals surface area contributed by atoms with Crippen molar-refractivity contribution in [3.63, 3.8) is 0 Å². The Labute approximate surface area is 75.4 Å². The first kappa shape index (κ1) is 9.44. The van der Waals surface area contributed by atoms with Gasteiger partial charge >= 0.3 is 0 Å². The van der Waals surface area contributed by atoms with E-state index < -0.39 is 11.8 Å². The Morgan fingerprint density at radius 3 is 2.38 bits per heavy atom. The van der Waals surface area contributed by atoms with Gasteiger partial charge in [-0.3, -0.25) is 19.7 Å². The summed E-state index contributed by atoms with van der Waals surface area (Å²) < 4.78 is 0. The average molecular weight is 182 g/mol. The quantitative estimate of drug-likeness (QED) is 0.420. The summed E-state index contributed by atoms with van der Waals surface area (Å²) in [6.07, 6.45) is 2.89. The number of hydrogen-bond acceptors (Lipinski definition) is 3. The molecule has 1 aliphatic rings. The number of allylic oxidation sites excluding steroid dienone is 1. The highest BCUT2D eigenvalue weighted by Crippen LogP contribution is 1.96. The maximum absolute atomic E-state index is 11.2. The average Bonchev–Trinajstić information content (AvgIpc) is 2.03. The Bertz CT molecular complexity index is 267. The predicted molar refractivity (Wildman–Crippen MR) is 44.5 cm³/mol. The van der Waals surface area contributed by atoms with Gasteiger partial charge in [-0.25, -0.2) is 0 Å². The molecule has 5 nitrogen and oxygen atoms in total. The second-order valence-electron chi connectivity index (χ2n) is 2.67. The fraction of sp³-hybridized carbons (Fsp3) is 0.375. The molecule has 0 radical (unpaired) electrons. The number of carbonyl (C=O) groups excluding carboxylic acids is 3. The maximum atomic E-state index is 11.2. The monoisotopic (exact) mass is 182 g/mol. The Balaban J connectivity index is 2.65. The first-order valence-electron chi connectivity index (χ1n) is 3.87. The number of rotatable bonds is 1. The number of hydrogen-bond donors (Lipinski definition) is 1. The van der Waals surface area contributed by atoms with E-state index in [2.05, 4.69) is 5.32 Å². The van der Waals surface area contributed by atoms with Gasteiger partial charge in [-0.1, -0.05) is 6.08 Å². The molecule has 0 aliphatic carbocycles. The summed E-state index contributed by atoms with van der Waals surface area (Å²) in [5.41, 5.74) is 0. The smallest absolute Gasteiger partial charge is 0.247 e. The van der Waals surface area contributed by atoms with Crippen LogP contribution in [0.25, 0.3) is 0 Å². The lowest BCUT2D eigenvalue weighted by molar-refractivity contribution is -0.143. The van der Waals surface area contributed by atoms with Crippen molar-refractivity contribution in [1.82, 2.24) is 10.2 Å². The van der Waals surface area contributed by atoms with E-state index in [0.29, 0.717) is 0 Å². The van der Waals surface area contributed by atoms with E-state index in [1.165, 1.54) is 11.0 Å². The minimum atomic E-state index is -0.436. The van der Waals surface area contributed by atoms with Gasteiger partial charge in [-0.05, 0) is 13.0 Å². The summed E-state index contributed by atoms with van der Waals surface area (Å²) in [5.74, 6) is -1.19. The van der Waals surface area contributed by atoms with Gasteiger partial charge in [0.2, 0.25) is 17.7 Å². The van der Waals surface area contributed by atoms with Crippen molar-refractivity contribution >= 4 is 17.7 Å². The Morgan fingerprint density at radius 2 is 1.92 bits per heavy atom. The van der Waals surface area contributed by atoms with Crippen LogP contribution in [0.2, 0.25) is 0 Å². The molecular weight excluding hydrogens is 172 g/mol. The third-order valence-corrected chi connectivity index (χ3v) is 1.57. The van der Waals surface area contributed by atoms with Crippen molar-refractivity contribution < 1.29 is 14.4 Å². The van der Waals surface area contributed by atoms with Gasteiger partial charge in [0.15, 0.2) is 0 Å². The first-order valence-corrected chi connectivity index (χ1v) is 3.87. The highest BCUT2D eigenvalue weighted by molar-refractivity contribution is 6.04. The van der Waals surface area contributed by atoms with E-state index in [4.69, 9.17) is 0 Å². The van der Waals surface area contributed by atoms with Crippen LogP contribution in [0, 0.1) is 0 Å². The molecule has 5 heteroatoms. The lowest BCUT2D eigenvalue weighted by Crippen LogP contribution is -2.52. The molecule has 0 aromatic heterocycles. The lowest BCUT2D eigenvalue weighted by atomic mass is 10.3. The number of nitrogens with one attached hydrogen (secondary N) is 1. The zero-order chi connectivity index (χ0) is 9.84. The van der Waals surface area contributed by atoms with Crippen LogP contribution >= 0.6 is 0 Å². The molecule has 1 aliphatic heterocycles. The van der Waals surface area contributed by atoms with Crippen LogP contribution in [-0.2, 0) is 14.4 Å². The molecule has 1 heterocycles. The Kier molecular flexibility index (Phi) is 2.79. The molecule has 0 unspecified atom stereocenters. The molecule has 3 amide bonds. The van der Waals surface area contributed by atoms with Crippen LogP contribution in [0.15, 0.2) is 12.2 Å². The van der Waals surface area contributed by atoms with E-state index in [9.17, 15) is 14.4 Å². The van der Waals surface area contributed by atoms with Gasteiger partial charge < -0.3 is 4.90 Å². The number of imide groups is 1.